The smallest absolute Gasteiger partial charge is 0.269 e. The number of carbonyl (C=O) groups excluding carboxylic acids is 1. The molecule has 2 heterocycles. The number of allylic oxidation sites excluding steroid dienone is 3. The van der Waals surface area contributed by atoms with E-state index in [4.69, 9.17) is 5.73 Å². The van der Waals surface area contributed by atoms with Crippen LogP contribution in [-0.4, -0.2) is 10.7 Å². The molecule has 2 aromatic rings. The third-order valence-corrected chi connectivity index (χ3v) is 8.54. The fourth-order valence-corrected chi connectivity index (χ4v) is 7.09. The molecule has 0 bridgehead atoms. The topological polar surface area (TPSA) is 137 Å². The van der Waals surface area contributed by atoms with Gasteiger partial charge in [-0.05, 0) is 48.6 Å². The van der Waals surface area contributed by atoms with Gasteiger partial charge >= 0.3 is 0 Å². The number of rotatable bonds is 3. The number of nitrogens with two attached hydrogens (primary N) is 1. The van der Waals surface area contributed by atoms with E-state index in [9.17, 15) is 25.4 Å². The lowest BCUT2D eigenvalue weighted by Gasteiger charge is -2.43. The number of anilines is 1. The highest BCUT2D eigenvalue weighted by Gasteiger charge is 2.46. The molecule has 1 aromatic heterocycles. The largest absolute Gasteiger partial charge is 0.384 e. The third-order valence-electron chi connectivity index (χ3n) is 7.26. The number of nitriles is 2. The highest BCUT2D eigenvalue weighted by Crippen LogP contribution is 2.53. The van der Waals surface area contributed by atoms with E-state index in [2.05, 4.69) is 12.1 Å². The monoisotopic (exact) mass is 499 g/mol. The molecule has 0 saturated carbocycles. The second-order valence-electron chi connectivity index (χ2n) is 10.3. The number of hydrogen-bond acceptors (Lipinski definition) is 8. The number of Topliss-reactive ketones (excluding diaryl/α,β-unsaturated/α-hetero) is 1. The fourth-order valence-electron chi connectivity index (χ4n) is 5.72. The van der Waals surface area contributed by atoms with Crippen LogP contribution in [0, 0.1) is 38.2 Å². The first-order chi connectivity index (χ1) is 17.2. The van der Waals surface area contributed by atoms with Gasteiger partial charge in [-0.15, -0.1) is 11.3 Å². The molecule has 1 unspecified atom stereocenters. The highest BCUT2D eigenvalue weighted by atomic mass is 32.1. The van der Waals surface area contributed by atoms with Crippen molar-refractivity contribution in [3.05, 3.63) is 78.6 Å². The van der Waals surface area contributed by atoms with Gasteiger partial charge in [0.15, 0.2) is 5.78 Å². The van der Waals surface area contributed by atoms with Crippen molar-refractivity contribution in [1.82, 2.24) is 0 Å². The van der Waals surface area contributed by atoms with E-state index in [-0.39, 0.29) is 34.7 Å². The molecule has 2 N–H and O–H groups in total. The van der Waals surface area contributed by atoms with Gasteiger partial charge in [0, 0.05) is 34.7 Å². The van der Waals surface area contributed by atoms with Crippen molar-refractivity contribution < 1.29 is 9.72 Å². The second-order valence-corrected chi connectivity index (χ2v) is 11.4. The van der Waals surface area contributed by atoms with Crippen LogP contribution in [0.1, 0.15) is 67.0 Å². The highest BCUT2D eigenvalue weighted by molar-refractivity contribution is 7.16. The van der Waals surface area contributed by atoms with Crippen molar-refractivity contribution >= 4 is 27.8 Å². The zero-order valence-electron chi connectivity index (χ0n) is 20.1. The van der Waals surface area contributed by atoms with Gasteiger partial charge in [-0.25, -0.2) is 0 Å². The number of ketones is 1. The molecular formula is C27H25N5O3S. The Morgan fingerprint density at radius 2 is 1.94 bits per heavy atom. The summed E-state index contributed by atoms with van der Waals surface area (Å²) in [5.41, 5.74) is 9.62. The van der Waals surface area contributed by atoms with Crippen LogP contribution in [0.3, 0.4) is 0 Å². The number of non-ortho nitro benzene ring substituents is 1. The van der Waals surface area contributed by atoms with Gasteiger partial charge in [-0.1, -0.05) is 26.0 Å². The number of thiophene rings is 1. The molecule has 8 nitrogen and oxygen atoms in total. The van der Waals surface area contributed by atoms with Gasteiger partial charge in [-0.3, -0.25) is 19.8 Å². The Labute approximate surface area is 213 Å². The van der Waals surface area contributed by atoms with Crippen molar-refractivity contribution in [2.24, 2.45) is 11.1 Å². The summed E-state index contributed by atoms with van der Waals surface area (Å²) in [6, 6.07) is 10.6. The molecule has 1 aromatic carbocycles. The zero-order valence-corrected chi connectivity index (χ0v) is 20.9. The van der Waals surface area contributed by atoms with E-state index in [1.807, 2.05) is 13.8 Å². The molecule has 0 saturated heterocycles. The summed E-state index contributed by atoms with van der Waals surface area (Å²) in [5, 5.41) is 32.5. The van der Waals surface area contributed by atoms with Gasteiger partial charge in [0.25, 0.3) is 5.69 Å². The van der Waals surface area contributed by atoms with Gasteiger partial charge in [0.1, 0.15) is 16.9 Å². The molecule has 3 aliphatic rings. The summed E-state index contributed by atoms with van der Waals surface area (Å²) in [6.45, 7) is 4.03. The van der Waals surface area contributed by atoms with E-state index >= 15 is 0 Å². The number of aryl methyl sites for hydroxylation is 1. The SMILES string of the molecule is CC1(C)CC(=O)C2=C(C1)N(c1sc3c(c1C#N)CCCC3)C(N)=C(C#N)C2c1cccc([N+](=O)[O-])c1. The molecule has 1 aliphatic heterocycles. The number of nitro groups is 1. The number of carbonyl (C=O) groups is 1. The first-order valence-corrected chi connectivity index (χ1v) is 12.7. The Balaban J connectivity index is 1.79. The third kappa shape index (κ3) is 3.68. The molecule has 36 heavy (non-hydrogen) atoms. The summed E-state index contributed by atoms with van der Waals surface area (Å²) in [6.07, 6.45) is 4.60. The maximum absolute atomic E-state index is 13.7. The molecule has 0 radical (unpaired) electrons. The Bertz CT molecular complexity index is 1470. The summed E-state index contributed by atoms with van der Waals surface area (Å²) in [4.78, 5) is 27.6. The Morgan fingerprint density at radius 3 is 2.64 bits per heavy atom. The minimum Gasteiger partial charge on any atom is -0.384 e. The molecule has 1 atom stereocenters. The summed E-state index contributed by atoms with van der Waals surface area (Å²) in [7, 11) is 0. The van der Waals surface area contributed by atoms with Crippen molar-refractivity contribution in [2.75, 3.05) is 4.90 Å². The van der Waals surface area contributed by atoms with Crippen LogP contribution in [0.15, 0.2) is 46.9 Å². The lowest BCUT2D eigenvalue weighted by molar-refractivity contribution is -0.384. The number of fused-ring (bicyclic) bond motifs is 1. The Kier molecular flexibility index (Phi) is 5.69. The lowest BCUT2D eigenvalue weighted by atomic mass is 9.68. The average Bonchev–Trinajstić information content (AvgIpc) is 3.20. The van der Waals surface area contributed by atoms with E-state index in [1.165, 1.54) is 23.5 Å². The van der Waals surface area contributed by atoms with E-state index < -0.39 is 10.8 Å². The first kappa shape index (κ1) is 23.8. The molecule has 0 amide bonds. The standard InChI is InChI=1S/C27H25N5O3S/c1-27(2)11-20-24(21(33)12-27)23(15-6-5-7-16(10-15)32(34)35)19(14-29)25(30)31(20)26-18(13-28)17-8-3-4-9-22(17)36-26/h5-7,10,23H,3-4,8-9,11-12,30H2,1-2H3. The van der Waals surface area contributed by atoms with E-state index in [0.29, 0.717) is 33.8 Å². The average molecular weight is 500 g/mol. The summed E-state index contributed by atoms with van der Waals surface area (Å²) in [5.74, 6) is -0.735. The van der Waals surface area contributed by atoms with Gasteiger partial charge in [0.05, 0.1) is 28.0 Å². The predicted molar refractivity (Wildman–Crippen MR) is 136 cm³/mol. The summed E-state index contributed by atoms with van der Waals surface area (Å²) < 4.78 is 0. The normalized spacial score (nSPS) is 20.9. The number of nitrogens with zero attached hydrogens (tertiary/aromatic N) is 4. The number of nitro benzene ring substituents is 1. The molecule has 0 spiro atoms. The molecule has 182 valence electrons. The van der Waals surface area contributed by atoms with Crippen molar-refractivity contribution in [2.45, 2.75) is 58.3 Å². The molecule has 9 heteroatoms. The van der Waals surface area contributed by atoms with Crippen molar-refractivity contribution in [1.29, 1.82) is 10.5 Å². The van der Waals surface area contributed by atoms with Gasteiger partial charge in [0.2, 0.25) is 0 Å². The second kappa shape index (κ2) is 8.61. The van der Waals surface area contributed by atoms with E-state index in [1.54, 1.807) is 17.0 Å². The van der Waals surface area contributed by atoms with Gasteiger partial charge in [-0.2, -0.15) is 10.5 Å². The maximum Gasteiger partial charge on any atom is 0.269 e. The van der Waals surface area contributed by atoms with Crippen LogP contribution in [0.25, 0.3) is 0 Å². The molecule has 2 aliphatic carbocycles. The van der Waals surface area contributed by atoms with Crippen molar-refractivity contribution in [3.63, 3.8) is 0 Å². The first-order valence-electron chi connectivity index (χ1n) is 11.9. The Hall–Kier alpha value is -3.95. The fraction of sp³-hybridized carbons (Fsp3) is 0.370. The molecule has 5 rings (SSSR count). The minimum atomic E-state index is -0.801. The summed E-state index contributed by atoms with van der Waals surface area (Å²) >= 11 is 1.51. The number of benzene rings is 1. The minimum absolute atomic E-state index is 0.108. The van der Waals surface area contributed by atoms with Crippen LogP contribution in [-0.2, 0) is 17.6 Å². The van der Waals surface area contributed by atoms with Crippen LogP contribution < -0.4 is 10.6 Å². The number of hydrogen-bond donors (Lipinski definition) is 1. The van der Waals surface area contributed by atoms with Crippen LogP contribution in [0.5, 0.6) is 0 Å². The van der Waals surface area contributed by atoms with Crippen LogP contribution >= 0.6 is 11.3 Å². The van der Waals surface area contributed by atoms with Crippen molar-refractivity contribution in [3.8, 4) is 12.1 Å². The lowest BCUT2D eigenvalue weighted by Crippen LogP contribution is -2.42. The van der Waals surface area contributed by atoms with Gasteiger partial charge < -0.3 is 5.73 Å². The molecular weight excluding hydrogens is 474 g/mol. The van der Waals surface area contributed by atoms with E-state index in [0.717, 1.165) is 36.1 Å². The molecule has 0 fully saturated rings. The predicted octanol–water partition coefficient (Wildman–Crippen LogP) is 5.35. The maximum atomic E-state index is 13.7. The van der Waals surface area contributed by atoms with Crippen LogP contribution in [0.4, 0.5) is 10.7 Å². The Morgan fingerprint density at radius 1 is 1.19 bits per heavy atom. The zero-order chi connectivity index (χ0) is 25.8. The quantitative estimate of drug-likeness (QED) is 0.444. The van der Waals surface area contributed by atoms with Crippen LogP contribution in [0.2, 0.25) is 0 Å².